The number of esters is 2. The summed E-state index contributed by atoms with van der Waals surface area (Å²) in [6.45, 7) is 8.18. The van der Waals surface area contributed by atoms with E-state index >= 15 is 0 Å². The topological polar surface area (TPSA) is 52.6 Å². The van der Waals surface area contributed by atoms with Crippen LogP contribution < -0.4 is 0 Å². The van der Waals surface area contributed by atoms with E-state index in [0.717, 1.165) is 17.6 Å². The lowest BCUT2D eigenvalue weighted by Crippen LogP contribution is -2.31. The molecule has 1 aliphatic carbocycles. The first-order chi connectivity index (χ1) is 10.9. The second-order valence-corrected chi connectivity index (χ2v) is 6.91. The second kappa shape index (κ2) is 5.84. The fourth-order valence-corrected chi connectivity index (χ4v) is 3.72. The fraction of sp³-hybridized carbons (Fsp3) is 0.474. The zero-order valence-electron chi connectivity index (χ0n) is 13.6. The molecule has 0 bridgehead atoms. The molecule has 122 valence electrons. The molecular formula is C19H22O4. The predicted octanol–water partition coefficient (Wildman–Crippen LogP) is 3.30. The van der Waals surface area contributed by atoms with Crippen molar-refractivity contribution in [2.24, 2.45) is 11.3 Å². The van der Waals surface area contributed by atoms with Crippen LogP contribution in [0.5, 0.6) is 0 Å². The molecule has 2 unspecified atom stereocenters. The Kier molecular flexibility index (Phi) is 4.00. The van der Waals surface area contributed by atoms with E-state index in [-0.39, 0.29) is 24.0 Å². The van der Waals surface area contributed by atoms with Crippen LogP contribution in [0.4, 0.5) is 0 Å². The molecule has 23 heavy (non-hydrogen) atoms. The number of hydrogen-bond donors (Lipinski definition) is 0. The van der Waals surface area contributed by atoms with Gasteiger partial charge in [-0.3, -0.25) is 4.79 Å². The predicted molar refractivity (Wildman–Crippen MR) is 86.0 cm³/mol. The second-order valence-electron chi connectivity index (χ2n) is 6.91. The highest BCUT2D eigenvalue weighted by Crippen LogP contribution is 2.52. The van der Waals surface area contributed by atoms with Crippen molar-refractivity contribution in [1.82, 2.24) is 0 Å². The highest BCUT2D eigenvalue weighted by Gasteiger charge is 2.55. The van der Waals surface area contributed by atoms with Crippen LogP contribution in [0, 0.1) is 11.3 Å². The standard InChI is InChI=1S/C19H22O4/c1-12(2)23-17(20)15-6-4-5-14(8-15)10-19-9-13(3)7-16(19)11-22-18(19)21/h4-6,8,12,16H,3,7,9-11H2,1-2H3. The van der Waals surface area contributed by atoms with Crippen LogP contribution in [0.15, 0.2) is 36.4 Å². The number of carbonyl (C=O) groups excluding carboxylic acids is 2. The van der Waals surface area contributed by atoms with Gasteiger partial charge in [0.1, 0.15) is 0 Å². The molecule has 2 atom stereocenters. The molecule has 2 aliphatic rings. The molecule has 1 aromatic carbocycles. The lowest BCUT2D eigenvalue weighted by atomic mass is 9.75. The van der Waals surface area contributed by atoms with Gasteiger partial charge in [0, 0.05) is 5.92 Å². The van der Waals surface area contributed by atoms with Gasteiger partial charge in [-0.1, -0.05) is 24.3 Å². The van der Waals surface area contributed by atoms with Crippen LogP contribution in [0.2, 0.25) is 0 Å². The van der Waals surface area contributed by atoms with E-state index in [1.54, 1.807) is 6.07 Å². The van der Waals surface area contributed by atoms with Gasteiger partial charge in [0.2, 0.25) is 0 Å². The lowest BCUT2D eigenvalue weighted by Gasteiger charge is -2.24. The molecule has 4 heteroatoms. The molecule has 4 nitrogen and oxygen atoms in total. The quantitative estimate of drug-likeness (QED) is 0.632. The maximum absolute atomic E-state index is 12.3. The number of fused-ring (bicyclic) bond motifs is 1. The summed E-state index contributed by atoms with van der Waals surface area (Å²) in [6.07, 6.45) is 1.95. The summed E-state index contributed by atoms with van der Waals surface area (Å²) >= 11 is 0. The highest BCUT2D eigenvalue weighted by molar-refractivity contribution is 5.89. The largest absolute Gasteiger partial charge is 0.465 e. The van der Waals surface area contributed by atoms with Crippen molar-refractivity contribution in [3.05, 3.63) is 47.5 Å². The average Bonchev–Trinajstić information content (AvgIpc) is 2.94. The van der Waals surface area contributed by atoms with E-state index in [1.807, 2.05) is 32.0 Å². The number of cyclic esters (lactones) is 1. The molecular weight excluding hydrogens is 292 g/mol. The third kappa shape index (κ3) is 2.90. The van der Waals surface area contributed by atoms with E-state index in [9.17, 15) is 9.59 Å². The maximum Gasteiger partial charge on any atom is 0.338 e. The van der Waals surface area contributed by atoms with Crippen molar-refractivity contribution in [2.45, 2.75) is 39.2 Å². The van der Waals surface area contributed by atoms with Gasteiger partial charge in [-0.15, -0.1) is 0 Å². The minimum atomic E-state index is -0.502. The molecule has 1 saturated heterocycles. The van der Waals surface area contributed by atoms with E-state index in [2.05, 4.69) is 6.58 Å². The number of rotatable bonds is 4. The number of benzene rings is 1. The summed E-state index contributed by atoms with van der Waals surface area (Å²) in [5.41, 5.74) is 2.09. The number of allylic oxidation sites excluding steroid dienone is 1. The van der Waals surface area contributed by atoms with Crippen LogP contribution >= 0.6 is 0 Å². The summed E-state index contributed by atoms with van der Waals surface area (Å²) in [6, 6.07) is 7.35. The molecule has 2 fully saturated rings. The van der Waals surface area contributed by atoms with Crippen molar-refractivity contribution in [3.63, 3.8) is 0 Å². The first-order valence-corrected chi connectivity index (χ1v) is 8.04. The van der Waals surface area contributed by atoms with Gasteiger partial charge in [-0.05, 0) is 50.8 Å². The molecule has 0 aromatic heterocycles. The van der Waals surface area contributed by atoms with Crippen LogP contribution in [0.1, 0.15) is 42.6 Å². The van der Waals surface area contributed by atoms with Crippen molar-refractivity contribution >= 4 is 11.9 Å². The van der Waals surface area contributed by atoms with Crippen LogP contribution in [-0.4, -0.2) is 24.6 Å². The molecule has 1 aromatic rings. The third-order valence-corrected chi connectivity index (χ3v) is 4.73. The van der Waals surface area contributed by atoms with E-state index in [0.29, 0.717) is 25.0 Å². The SMILES string of the molecule is C=C1CC2COC(=O)C2(Cc2cccc(C(=O)OC(C)C)c2)C1. The van der Waals surface area contributed by atoms with Gasteiger partial charge >= 0.3 is 11.9 Å². The molecule has 3 rings (SSSR count). The lowest BCUT2D eigenvalue weighted by molar-refractivity contribution is -0.146. The van der Waals surface area contributed by atoms with E-state index < -0.39 is 5.41 Å². The van der Waals surface area contributed by atoms with Gasteiger partial charge < -0.3 is 9.47 Å². The molecule has 0 amide bonds. The van der Waals surface area contributed by atoms with Gasteiger partial charge in [-0.2, -0.15) is 0 Å². The smallest absolute Gasteiger partial charge is 0.338 e. The monoisotopic (exact) mass is 314 g/mol. The van der Waals surface area contributed by atoms with Crippen molar-refractivity contribution in [3.8, 4) is 0 Å². The average molecular weight is 314 g/mol. The van der Waals surface area contributed by atoms with E-state index in [4.69, 9.17) is 9.47 Å². The first kappa shape index (κ1) is 15.8. The Morgan fingerprint density at radius 3 is 3.00 bits per heavy atom. The first-order valence-electron chi connectivity index (χ1n) is 8.04. The summed E-state index contributed by atoms with van der Waals surface area (Å²) < 4.78 is 10.5. The molecule has 0 radical (unpaired) electrons. The Balaban J connectivity index is 1.84. The van der Waals surface area contributed by atoms with Crippen LogP contribution in [-0.2, 0) is 20.7 Å². The molecule has 1 saturated carbocycles. The summed E-state index contributed by atoms with van der Waals surface area (Å²) in [4.78, 5) is 24.4. The molecule has 0 N–H and O–H groups in total. The van der Waals surface area contributed by atoms with Gasteiger partial charge in [0.15, 0.2) is 0 Å². The Labute approximate surface area is 136 Å². The molecule has 1 heterocycles. The summed E-state index contributed by atoms with van der Waals surface area (Å²) in [5, 5.41) is 0. The Hall–Kier alpha value is -2.10. The van der Waals surface area contributed by atoms with Crippen LogP contribution in [0.3, 0.4) is 0 Å². The van der Waals surface area contributed by atoms with Gasteiger partial charge in [0.25, 0.3) is 0 Å². The summed E-state index contributed by atoms with van der Waals surface area (Å²) in [7, 11) is 0. The molecule has 0 spiro atoms. The normalized spacial score (nSPS) is 26.3. The highest BCUT2D eigenvalue weighted by atomic mass is 16.5. The molecule has 1 aliphatic heterocycles. The summed E-state index contributed by atoms with van der Waals surface area (Å²) in [5.74, 6) is -0.259. The zero-order valence-corrected chi connectivity index (χ0v) is 13.6. The van der Waals surface area contributed by atoms with E-state index in [1.165, 1.54) is 0 Å². The minimum Gasteiger partial charge on any atom is -0.465 e. The Morgan fingerprint density at radius 2 is 2.26 bits per heavy atom. The third-order valence-electron chi connectivity index (χ3n) is 4.73. The zero-order chi connectivity index (χ0) is 16.6. The maximum atomic E-state index is 12.3. The van der Waals surface area contributed by atoms with Crippen molar-refractivity contribution < 1.29 is 19.1 Å². The number of hydrogen-bond acceptors (Lipinski definition) is 4. The number of carbonyl (C=O) groups is 2. The van der Waals surface area contributed by atoms with Crippen LogP contribution in [0.25, 0.3) is 0 Å². The van der Waals surface area contributed by atoms with Gasteiger partial charge in [-0.25, -0.2) is 4.79 Å². The minimum absolute atomic E-state index is 0.128. The fourth-order valence-electron chi connectivity index (χ4n) is 3.72. The number of ether oxygens (including phenoxy) is 2. The van der Waals surface area contributed by atoms with Gasteiger partial charge in [0.05, 0.1) is 23.7 Å². The van der Waals surface area contributed by atoms with Crippen molar-refractivity contribution in [2.75, 3.05) is 6.61 Å². The van der Waals surface area contributed by atoms with Crippen molar-refractivity contribution in [1.29, 1.82) is 0 Å². The Morgan fingerprint density at radius 1 is 1.48 bits per heavy atom. The Bertz CT molecular complexity index is 661.